The van der Waals surface area contributed by atoms with E-state index in [2.05, 4.69) is 5.32 Å². The molecule has 0 bridgehead atoms. The van der Waals surface area contributed by atoms with Crippen LogP contribution in [0.1, 0.15) is 30.1 Å². The van der Waals surface area contributed by atoms with E-state index < -0.39 is 0 Å². The Hall–Kier alpha value is -1.26. The van der Waals surface area contributed by atoms with Crippen molar-refractivity contribution in [1.82, 2.24) is 5.32 Å². The van der Waals surface area contributed by atoms with Crippen molar-refractivity contribution in [3.8, 4) is 0 Å². The van der Waals surface area contributed by atoms with Gasteiger partial charge < -0.3 is 16.2 Å². The van der Waals surface area contributed by atoms with Crippen molar-refractivity contribution in [1.29, 1.82) is 0 Å². The van der Waals surface area contributed by atoms with Crippen molar-refractivity contribution >= 4 is 23.2 Å². The highest BCUT2D eigenvalue weighted by Crippen LogP contribution is 2.21. The second kappa shape index (κ2) is 6.47. The molecule has 0 fully saturated rings. The predicted octanol–water partition coefficient (Wildman–Crippen LogP) is 1.81. The number of nitrogens with two attached hydrogens (primary N) is 1. The summed E-state index contributed by atoms with van der Waals surface area (Å²) in [5, 5.41) is 12.1. The summed E-state index contributed by atoms with van der Waals surface area (Å²) in [7, 11) is 0. The molecule has 0 aliphatic rings. The Morgan fingerprint density at radius 1 is 1.59 bits per heavy atom. The third kappa shape index (κ3) is 4.24. The van der Waals surface area contributed by atoms with E-state index >= 15 is 0 Å². The van der Waals surface area contributed by atoms with E-state index in [1.165, 1.54) is 0 Å². The van der Waals surface area contributed by atoms with E-state index in [1.54, 1.807) is 25.1 Å². The number of rotatable bonds is 5. The van der Waals surface area contributed by atoms with Gasteiger partial charge in [-0.3, -0.25) is 4.79 Å². The van der Waals surface area contributed by atoms with Crippen LogP contribution in [-0.4, -0.2) is 23.7 Å². The fraction of sp³-hybridized carbons (Fsp3) is 0.417. The molecule has 0 heterocycles. The van der Waals surface area contributed by atoms with E-state index in [-0.39, 0.29) is 12.0 Å². The predicted molar refractivity (Wildman–Crippen MR) is 69.1 cm³/mol. The molecule has 94 valence electrons. The highest BCUT2D eigenvalue weighted by molar-refractivity contribution is 6.34. The second-order valence-electron chi connectivity index (χ2n) is 3.95. The summed E-state index contributed by atoms with van der Waals surface area (Å²) < 4.78 is 0. The van der Waals surface area contributed by atoms with Gasteiger partial charge in [-0.25, -0.2) is 0 Å². The number of benzene rings is 1. The van der Waals surface area contributed by atoms with Crippen LogP contribution in [-0.2, 0) is 0 Å². The summed E-state index contributed by atoms with van der Waals surface area (Å²) in [5.41, 5.74) is 6.37. The summed E-state index contributed by atoms with van der Waals surface area (Å²) >= 11 is 5.91. The van der Waals surface area contributed by atoms with Gasteiger partial charge in [0, 0.05) is 12.2 Å². The van der Waals surface area contributed by atoms with Gasteiger partial charge >= 0.3 is 0 Å². The summed E-state index contributed by atoms with van der Waals surface area (Å²) in [6.07, 6.45) is 1.02. The molecule has 0 aliphatic heterocycles. The number of hydrogen-bond acceptors (Lipinski definition) is 3. The number of amides is 1. The Bertz CT molecular complexity index is 374. The van der Waals surface area contributed by atoms with Crippen LogP contribution in [0, 0.1) is 0 Å². The van der Waals surface area contributed by atoms with Crippen LogP contribution in [0.15, 0.2) is 18.2 Å². The molecule has 1 aromatic carbocycles. The standard InChI is InChI=1S/C12H17ClN2O2/c1-8(16)4-3-7-15-12(17)11-9(13)5-2-6-10(11)14/h2,5-6,8,16H,3-4,7,14H2,1H3,(H,15,17). The number of carbonyl (C=O) groups excluding carboxylic acids is 1. The minimum Gasteiger partial charge on any atom is -0.398 e. The van der Waals surface area contributed by atoms with Crippen LogP contribution < -0.4 is 11.1 Å². The first-order valence-corrected chi connectivity index (χ1v) is 5.90. The molecule has 0 radical (unpaired) electrons. The summed E-state index contributed by atoms with van der Waals surface area (Å²) in [6, 6.07) is 4.96. The summed E-state index contributed by atoms with van der Waals surface area (Å²) in [4.78, 5) is 11.8. The largest absolute Gasteiger partial charge is 0.398 e. The summed E-state index contributed by atoms with van der Waals surface area (Å²) in [6.45, 7) is 2.21. The number of anilines is 1. The first kappa shape index (κ1) is 13.8. The number of nitrogen functional groups attached to an aromatic ring is 1. The van der Waals surface area contributed by atoms with Crippen molar-refractivity contribution in [2.24, 2.45) is 0 Å². The molecule has 17 heavy (non-hydrogen) atoms. The van der Waals surface area contributed by atoms with Crippen LogP contribution in [0.25, 0.3) is 0 Å². The Morgan fingerprint density at radius 3 is 2.88 bits per heavy atom. The molecular formula is C12H17ClN2O2. The molecule has 4 N–H and O–H groups in total. The Morgan fingerprint density at radius 2 is 2.29 bits per heavy atom. The molecular weight excluding hydrogens is 240 g/mol. The molecule has 0 spiro atoms. The fourth-order valence-electron chi connectivity index (χ4n) is 1.47. The van der Waals surface area contributed by atoms with E-state index in [0.29, 0.717) is 35.7 Å². The number of carbonyl (C=O) groups is 1. The smallest absolute Gasteiger partial charge is 0.254 e. The number of aliphatic hydroxyl groups excluding tert-OH is 1. The Labute approximate surface area is 106 Å². The van der Waals surface area contributed by atoms with Crippen LogP contribution in [0.3, 0.4) is 0 Å². The molecule has 4 nitrogen and oxygen atoms in total. The minimum atomic E-state index is -0.350. The van der Waals surface area contributed by atoms with Crippen LogP contribution >= 0.6 is 11.6 Å². The lowest BCUT2D eigenvalue weighted by atomic mass is 10.1. The summed E-state index contributed by atoms with van der Waals surface area (Å²) in [5.74, 6) is -0.279. The van der Waals surface area contributed by atoms with Crippen molar-refractivity contribution in [2.75, 3.05) is 12.3 Å². The monoisotopic (exact) mass is 256 g/mol. The molecule has 1 atom stereocenters. The quantitative estimate of drug-likeness (QED) is 0.556. The average molecular weight is 257 g/mol. The van der Waals surface area contributed by atoms with E-state index in [1.807, 2.05) is 0 Å². The van der Waals surface area contributed by atoms with Gasteiger partial charge in [-0.05, 0) is 31.9 Å². The first-order chi connectivity index (χ1) is 8.02. The zero-order valence-corrected chi connectivity index (χ0v) is 10.5. The van der Waals surface area contributed by atoms with Gasteiger partial charge in [0.05, 0.1) is 16.7 Å². The SMILES string of the molecule is CC(O)CCCNC(=O)c1c(N)cccc1Cl. The van der Waals surface area contributed by atoms with E-state index in [9.17, 15) is 4.79 Å². The van der Waals surface area contributed by atoms with E-state index in [0.717, 1.165) is 0 Å². The molecule has 0 aromatic heterocycles. The number of halogens is 1. The van der Waals surface area contributed by atoms with Gasteiger partial charge in [-0.2, -0.15) is 0 Å². The molecule has 1 rings (SSSR count). The molecule has 0 saturated heterocycles. The lowest BCUT2D eigenvalue weighted by molar-refractivity contribution is 0.0950. The van der Waals surface area contributed by atoms with Gasteiger partial charge in [0.2, 0.25) is 0 Å². The third-order valence-electron chi connectivity index (χ3n) is 2.36. The Kier molecular flexibility index (Phi) is 5.25. The highest BCUT2D eigenvalue weighted by Gasteiger charge is 2.12. The highest BCUT2D eigenvalue weighted by atomic mass is 35.5. The van der Waals surface area contributed by atoms with Gasteiger partial charge in [0.25, 0.3) is 5.91 Å². The zero-order chi connectivity index (χ0) is 12.8. The van der Waals surface area contributed by atoms with E-state index in [4.69, 9.17) is 22.4 Å². The van der Waals surface area contributed by atoms with Crippen LogP contribution in [0.2, 0.25) is 5.02 Å². The lowest BCUT2D eigenvalue weighted by Gasteiger charge is -2.09. The van der Waals surface area contributed by atoms with Crippen molar-refractivity contribution in [3.05, 3.63) is 28.8 Å². The average Bonchev–Trinajstić information content (AvgIpc) is 2.24. The lowest BCUT2D eigenvalue weighted by Crippen LogP contribution is -2.26. The van der Waals surface area contributed by atoms with Gasteiger partial charge in [0.1, 0.15) is 0 Å². The minimum absolute atomic E-state index is 0.279. The number of hydrogen-bond donors (Lipinski definition) is 3. The Balaban J connectivity index is 2.53. The topological polar surface area (TPSA) is 75.3 Å². The van der Waals surface area contributed by atoms with Crippen molar-refractivity contribution in [3.63, 3.8) is 0 Å². The van der Waals surface area contributed by atoms with Crippen LogP contribution in [0.4, 0.5) is 5.69 Å². The van der Waals surface area contributed by atoms with Crippen LogP contribution in [0.5, 0.6) is 0 Å². The first-order valence-electron chi connectivity index (χ1n) is 5.52. The normalized spacial score (nSPS) is 12.2. The molecule has 0 saturated carbocycles. The van der Waals surface area contributed by atoms with Crippen molar-refractivity contribution < 1.29 is 9.90 Å². The molecule has 1 aromatic rings. The molecule has 5 heteroatoms. The molecule has 1 unspecified atom stereocenters. The van der Waals surface area contributed by atoms with Gasteiger partial charge in [0.15, 0.2) is 0 Å². The number of aliphatic hydroxyl groups is 1. The zero-order valence-electron chi connectivity index (χ0n) is 9.74. The van der Waals surface area contributed by atoms with Gasteiger partial charge in [-0.15, -0.1) is 0 Å². The van der Waals surface area contributed by atoms with Crippen molar-refractivity contribution in [2.45, 2.75) is 25.9 Å². The maximum absolute atomic E-state index is 11.8. The number of nitrogens with one attached hydrogen (secondary N) is 1. The third-order valence-corrected chi connectivity index (χ3v) is 2.67. The maximum atomic E-state index is 11.8. The molecule has 1 amide bonds. The fourth-order valence-corrected chi connectivity index (χ4v) is 1.74. The second-order valence-corrected chi connectivity index (χ2v) is 4.36. The van der Waals surface area contributed by atoms with Gasteiger partial charge in [-0.1, -0.05) is 17.7 Å². The molecule has 0 aliphatic carbocycles. The maximum Gasteiger partial charge on any atom is 0.254 e.